The van der Waals surface area contributed by atoms with E-state index in [1.807, 2.05) is 25.6 Å². The molecule has 1 saturated heterocycles. The molecule has 1 N–H and O–H groups in total. The Morgan fingerprint density at radius 2 is 2.00 bits per heavy atom. The summed E-state index contributed by atoms with van der Waals surface area (Å²) in [7, 11) is -1.34. The lowest BCUT2D eigenvalue weighted by atomic mass is 10.0. The molecule has 4 rings (SSSR count). The summed E-state index contributed by atoms with van der Waals surface area (Å²) in [5.74, 6) is 0.0987. The minimum atomic E-state index is -1.34. The molecule has 0 bridgehead atoms. The summed E-state index contributed by atoms with van der Waals surface area (Å²) >= 11 is 1.87. The first-order valence-corrected chi connectivity index (χ1v) is 20.1. The van der Waals surface area contributed by atoms with E-state index in [2.05, 4.69) is 36.2 Å². The van der Waals surface area contributed by atoms with Gasteiger partial charge in [0.25, 0.3) is 5.91 Å². The number of carboxylic acids is 1. The van der Waals surface area contributed by atoms with Gasteiger partial charge >= 0.3 is 5.97 Å². The Kier molecular flexibility index (Phi) is 11.1. The third kappa shape index (κ3) is 7.89. The number of aryl methyl sites for hydroxylation is 5. The third-order valence-electron chi connectivity index (χ3n) is 7.74. The monoisotopic (exact) mass is 629 g/mol. The molecule has 236 valence electrons. The maximum absolute atomic E-state index is 14.3. The molecule has 1 atom stereocenters. The Bertz CT molecular complexity index is 1440. The Morgan fingerprint density at radius 3 is 2.63 bits per heavy atom. The van der Waals surface area contributed by atoms with E-state index in [4.69, 9.17) is 14.5 Å². The van der Waals surface area contributed by atoms with Gasteiger partial charge in [0.15, 0.2) is 0 Å². The number of benzene rings is 1. The smallest absolute Gasteiger partial charge is 0.336 e. The molecule has 1 aromatic carbocycles. The number of imidazole rings is 1. The van der Waals surface area contributed by atoms with Crippen LogP contribution in [0.5, 0.6) is 0 Å². The molecule has 0 radical (unpaired) electrons. The molecule has 1 unspecified atom stereocenters. The lowest BCUT2D eigenvalue weighted by Gasteiger charge is -2.24. The first-order valence-electron chi connectivity index (χ1n) is 15.3. The molecule has 12 heteroatoms. The van der Waals surface area contributed by atoms with E-state index < -0.39 is 14.0 Å². The molecule has 0 spiro atoms. The fraction of sp³-hybridized carbons (Fsp3) is 0.613. The quantitative estimate of drug-likeness (QED) is 0.124. The van der Waals surface area contributed by atoms with Crippen molar-refractivity contribution in [2.75, 3.05) is 37.2 Å². The van der Waals surface area contributed by atoms with Gasteiger partial charge in [0, 0.05) is 39.6 Å². The van der Waals surface area contributed by atoms with Crippen LogP contribution >= 0.6 is 11.8 Å². The number of carbonyl (C=O) groups excluding carboxylic acids is 1. The van der Waals surface area contributed by atoms with Gasteiger partial charge in [-0.05, 0) is 75.1 Å². The Morgan fingerprint density at radius 1 is 1.23 bits per heavy atom. The van der Waals surface area contributed by atoms with Gasteiger partial charge in [0.2, 0.25) is 5.95 Å². The van der Waals surface area contributed by atoms with Gasteiger partial charge in [0.05, 0.1) is 28.9 Å². The number of aromatic carboxylic acids is 1. The summed E-state index contributed by atoms with van der Waals surface area (Å²) in [6.45, 7) is 18.0. The molecule has 43 heavy (non-hydrogen) atoms. The number of aromatic nitrogens is 4. The lowest BCUT2D eigenvalue weighted by Crippen LogP contribution is -2.37. The summed E-state index contributed by atoms with van der Waals surface area (Å²) in [6, 6.07) is 4.58. The minimum Gasteiger partial charge on any atom is -0.478 e. The lowest BCUT2D eigenvalue weighted by molar-refractivity contribution is 0.0695. The van der Waals surface area contributed by atoms with E-state index in [1.54, 1.807) is 28.6 Å². The zero-order valence-corrected chi connectivity index (χ0v) is 28.6. The van der Waals surface area contributed by atoms with Crippen molar-refractivity contribution in [2.45, 2.75) is 91.0 Å². The summed E-state index contributed by atoms with van der Waals surface area (Å²) in [4.78, 5) is 33.2. The molecule has 1 amide bonds. The van der Waals surface area contributed by atoms with Crippen LogP contribution < -0.4 is 4.90 Å². The zero-order valence-electron chi connectivity index (χ0n) is 26.7. The second-order valence-electron chi connectivity index (χ2n) is 12.4. The summed E-state index contributed by atoms with van der Waals surface area (Å²) in [6.07, 6.45) is 2.54. The van der Waals surface area contributed by atoms with Gasteiger partial charge in [-0.2, -0.15) is 16.9 Å². The highest BCUT2D eigenvalue weighted by Crippen LogP contribution is 2.33. The number of carboxylic acid groups (broad SMARTS) is 1. The third-order valence-corrected chi connectivity index (χ3v) is 10.7. The summed E-state index contributed by atoms with van der Waals surface area (Å²) < 4.78 is 15.5. The van der Waals surface area contributed by atoms with E-state index in [9.17, 15) is 14.7 Å². The standard InChI is InChI=1S/C31H47N5O5SSi/c1-8-12-34-28-23(11-15-42-24-10-13-40-19-24)18-25(30(38)39)22(4)27(28)32-31(34)35(20-41-14-16-43(5,6)7)29(37)26-17-21(3)33-36(26)9-2/h17-18,24H,8-16,19-20H2,1-7H3,(H,38,39). The molecular formula is C31H47N5O5SSi. The molecule has 1 fully saturated rings. The number of rotatable bonds is 15. The Balaban J connectivity index is 1.82. The largest absolute Gasteiger partial charge is 0.478 e. The number of ether oxygens (including phenoxy) is 2. The van der Waals surface area contributed by atoms with Crippen LogP contribution in [0, 0.1) is 13.8 Å². The van der Waals surface area contributed by atoms with Crippen LogP contribution in [-0.2, 0) is 29.0 Å². The van der Waals surface area contributed by atoms with Crippen LogP contribution in [0.1, 0.15) is 64.4 Å². The average Bonchev–Trinajstić information content (AvgIpc) is 3.68. The minimum absolute atomic E-state index is 0.0436. The van der Waals surface area contributed by atoms with Crippen LogP contribution in [0.25, 0.3) is 11.0 Å². The zero-order chi connectivity index (χ0) is 31.3. The van der Waals surface area contributed by atoms with Gasteiger partial charge in [-0.25, -0.2) is 9.78 Å². The van der Waals surface area contributed by atoms with Crippen molar-refractivity contribution in [1.82, 2.24) is 19.3 Å². The first-order chi connectivity index (χ1) is 20.4. The highest BCUT2D eigenvalue weighted by atomic mass is 32.2. The van der Waals surface area contributed by atoms with E-state index in [0.29, 0.717) is 54.1 Å². The molecule has 1 aliphatic rings. The molecule has 3 heterocycles. The van der Waals surface area contributed by atoms with Crippen molar-refractivity contribution in [3.05, 3.63) is 40.2 Å². The number of thioether (sulfide) groups is 1. The number of amides is 1. The van der Waals surface area contributed by atoms with Gasteiger partial charge in [-0.3, -0.25) is 14.4 Å². The highest BCUT2D eigenvalue weighted by Gasteiger charge is 2.30. The maximum Gasteiger partial charge on any atom is 0.336 e. The van der Waals surface area contributed by atoms with Crippen LogP contribution in [-0.4, -0.2) is 81.9 Å². The Labute approximate surface area is 260 Å². The van der Waals surface area contributed by atoms with Crippen molar-refractivity contribution in [3.63, 3.8) is 0 Å². The second kappa shape index (κ2) is 14.4. The van der Waals surface area contributed by atoms with Crippen LogP contribution in [0.3, 0.4) is 0 Å². The number of carbonyl (C=O) groups is 2. The van der Waals surface area contributed by atoms with Crippen LogP contribution in [0.4, 0.5) is 5.95 Å². The van der Waals surface area contributed by atoms with Crippen LogP contribution in [0.2, 0.25) is 25.7 Å². The fourth-order valence-corrected chi connectivity index (χ4v) is 7.26. The van der Waals surface area contributed by atoms with Crippen molar-refractivity contribution in [3.8, 4) is 0 Å². The van der Waals surface area contributed by atoms with Crippen molar-refractivity contribution in [1.29, 1.82) is 0 Å². The number of anilines is 1. The van der Waals surface area contributed by atoms with Crippen molar-refractivity contribution >= 4 is 48.7 Å². The number of hydrogen-bond acceptors (Lipinski definition) is 7. The predicted molar refractivity (Wildman–Crippen MR) is 176 cm³/mol. The van der Waals surface area contributed by atoms with Gasteiger partial charge < -0.3 is 19.1 Å². The summed E-state index contributed by atoms with van der Waals surface area (Å²) in [5, 5.41) is 15.1. The normalized spacial score (nSPS) is 15.5. The van der Waals surface area contributed by atoms with E-state index in [1.165, 1.54) is 0 Å². The molecule has 0 aliphatic carbocycles. The summed E-state index contributed by atoms with van der Waals surface area (Å²) in [5.41, 5.74) is 4.52. The molecule has 3 aromatic rings. The van der Waals surface area contributed by atoms with Gasteiger partial charge in [-0.1, -0.05) is 26.6 Å². The SMILES string of the molecule is CCCn1c(N(COCC[Si](C)(C)C)C(=O)c2cc(C)nn2CC)nc2c(C)c(C(=O)O)cc(CCSC3CCOC3)c21. The maximum atomic E-state index is 14.3. The Hall–Kier alpha value is -2.67. The fourth-order valence-electron chi connectivity index (χ4n) is 5.38. The molecule has 0 saturated carbocycles. The number of fused-ring (bicyclic) bond motifs is 1. The second-order valence-corrected chi connectivity index (χ2v) is 19.5. The van der Waals surface area contributed by atoms with E-state index in [-0.39, 0.29) is 18.2 Å². The van der Waals surface area contributed by atoms with Gasteiger partial charge in [0.1, 0.15) is 12.4 Å². The first kappa shape index (κ1) is 33.2. The van der Waals surface area contributed by atoms with E-state index in [0.717, 1.165) is 54.6 Å². The molecule has 2 aromatic heterocycles. The molecular weight excluding hydrogens is 583 g/mol. The average molecular weight is 630 g/mol. The topological polar surface area (TPSA) is 112 Å². The van der Waals surface area contributed by atoms with E-state index >= 15 is 0 Å². The predicted octanol–water partition coefficient (Wildman–Crippen LogP) is 6.00. The molecule has 10 nitrogen and oxygen atoms in total. The van der Waals surface area contributed by atoms with Gasteiger partial charge in [-0.15, -0.1) is 0 Å². The molecule has 1 aliphatic heterocycles. The number of hydrogen-bond donors (Lipinski definition) is 1. The van der Waals surface area contributed by atoms with Crippen molar-refractivity contribution in [2.24, 2.45) is 0 Å². The number of nitrogens with zero attached hydrogens (tertiary/aromatic N) is 5. The van der Waals surface area contributed by atoms with Crippen LogP contribution in [0.15, 0.2) is 12.1 Å². The highest BCUT2D eigenvalue weighted by molar-refractivity contribution is 7.99. The van der Waals surface area contributed by atoms with Crippen molar-refractivity contribution < 1.29 is 24.2 Å².